The maximum Gasteiger partial charge on any atom is 0.408 e. The van der Waals surface area contributed by atoms with Gasteiger partial charge in [-0.3, -0.25) is 43.2 Å². The lowest BCUT2D eigenvalue weighted by atomic mass is 9.91. The van der Waals surface area contributed by atoms with Crippen molar-refractivity contribution in [2.75, 3.05) is 13.1 Å². The number of aliphatic carboxylic acids is 1. The number of nitrogens with one attached hydrogen (secondary N) is 8. The van der Waals surface area contributed by atoms with Gasteiger partial charge in [-0.1, -0.05) is 134 Å². The molecule has 2 heterocycles. The number of oxazole rings is 1. The molecule has 11 N–H and O–H groups in total. The molecule has 2 aromatic heterocycles. The van der Waals surface area contributed by atoms with Crippen molar-refractivity contribution in [1.82, 2.24) is 52.5 Å². The molecule has 27 heteroatoms. The average Bonchev–Trinajstić information content (AvgIpc) is 1.50. The molecule has 534 valence electrons. The number of carbonyl (C=O) groups excluding carboxylic acids is 9. The summed E-state index contributed by atoms with van der Waals surface area (Å²) in [4.78, 5) is 137. The summed E-state index contributed by atoms with van der Waals surface area (Å²) in [6, 6.07) is 3.06. The predicted molar refractivity (Wildman–Crippen MR) is 359 cm³/mol. The van der Waals surface area contributed by atoms with Crippen molar-refractivity contribution in [2.45, 2.75) is 231 Å². The second-order valence-corrected chi connectivity index (χ2v) is 28.1. The van der Waals surface area contributed by atoms with E-state index in [9.17, 15) is 63.3 Å². The molecule has 11 atom stereocenters. The largest absolute Gasteiger partial charge is 0.481 e. The van der Waals surface area contributed by atoms with Crippen LogP contribution in [0.5, 0.6) is 0 Å². The Morgan fingerprint density at radius 3 is 1.38 bits per heavy atom. The van der Waals surface area contributed by atoms with Gasteiger partial charge >= 0.3 is 18.0 Å². The summed E-state index contributed by atoms with van der Waals surface area (Å²) in [6.07, 6.45) is -3.49. The molecule has 1 aromatic carbocycles. The van der Waals surface area contributed by atoms with E-state index in [1.165, 1.54) is 11.3 Å². The molecule has 0 spiro atoms. The Hall–Kier alpha value is -7.52. The molecular formula is C68H110N10O16S. The van der Waals surface area contributed by atoms with E-state index in [2.05, 4.69) is 52.5 Å². The van der Waals surface area contributed by atoms with Gasteiger partial charge in [0.15, 0.2) is 5.89 Å². The average molecular weight is 1360 g/mol. The lowest BCUT2D eigenvalue weighted by molar-refractivity contribution is -0.147. The van der Waals surface area contributed by atoms with Gasteiger partial charge in [0.05, 0.1) is 42.1 Å². The lowest BCUT2D eigenvalue weighted by Gasteiger charge is -2.30. The number of amides is 8. The summed E-state index contributed by atoms with van der Waals surface area (Å²) in [5.41, 5.74) is 1.99. The van der Waals surface area contributed by atoms with Crippen LogP contribution in [0.3, 0.4) is 0 Å². The van der Waals surface area contributed by atoms with Crippen LogP contribution in [-0.2, 0) is 72.3 Å². The van der Waals surface area contributed by atoms with Gasteiger partial charge in [-0.15, -0.1) is 11.3 Å². The van der Waals surface area contributed by atoms with Crippen molar-refractivity contribution >= 4 is 70.7 Å². The van der Waals surface area contributed by atoms with Crippen LogP contribution in [0, 0.1) is 74.0 Å². The minimum Gasteiger partial charge on any atom is -0.481 e. The first-order valence-electron chi connectivity index (χ1n) is 33.0. The lowest BCUT2D eigenvalue weighted by Crippen LogP contribution is -2.55. The van der Waals surface area contributed by atoms with E-state index in [1.807, 2.05) is 101 Å². The fourth-order valence-corrected chi connectivity index (χ4v) is 10.6. The van der Waals surface area contributed by atoms with E-state index in [0.29, 0.717) is 49.7 Å². The number of ether oxygens (including phenoxy) is 2. The van der Waals surface area contributed by atoms with Gasteiger partial charge in [0.25, 0.3) is 0 Å². The Kier molecular flexibility index (Phi) is 37.1. The van der Waals surface area contributed by atoms with Gasteiger partial charge in [0, 0.05) is 55.3 Å². The summed E-state index contributed by atoms with van der Waals surface area (Å²) < 4.78 is 16.0. The standard InChI is InChI=1S/C37H57N5O9.C31H53N5O7S/c1-21(2)15-28(31(43)16-24(7)34(45)42-33(23(5)6)36(47)38-18-22(3)4)40-35(46)29(17-32(44)49-19-27-13-11-10-12-14-27)41-37(48)50-20-30-25(8)51-26(9)39-30;1-16(2)10-22(24(37)11-19(7)29(41)36-27(18(5)6)31(43)32-14-17(3)4)34-30(42)23(13-26(38)39)35-28(40)20(8)12-25-33-21(9)15-44-25/h10-14,21-24,28-29,31,33,43H,15-20H2,1-9H3,(H,38,47)(H,40,46)(H,41,48)(H,42,45);15-20,22-24,27,37H,10-14H2,1-9H3,(H,32,43)(H,34,42)(H,35,40)(H,36,41)(H,38,39). The SMILES string of the molecule is Cc1csc(CC(C)C(=O)NC(CC(=O)O)C(=O)NC(CC(C)C)C(O)CC(C)C(=O)NC(C(=O)NCC(C)C)C(C)C)n1.Cc1nc(COC(=O)NC(CC(=O)OCc2ccccc2)C(=O)NC(CC(C)C)C(O)CC(C)C(=O)NC(C(=O)NCC(C)C)C(C)C)c(C)o1. The number of esters is 1. The number of rotatable bonds is 39. The number of aliphatic hydroxyl groups excluding tert-OH is 2. The molecule has 0 aliphatic heterocycles. The highest BCUT2D eigenvalue weighted by Gasteiger charge is 2.36. The Labute approximate surface area is 564 Å². The van der Waals surface area contributed by atoms with Crippen LogP contribution in [-0.4, -0.2) is 146 Å². The number of hydrogen-bond acceptors (Lipinski definition) is 18. The topological polar surface area (TPSA) is 385 Å². The highest BCUT2D eigenvalue weighted by atomic mass is 32.1. The van der Waals surface area contributed by atoms with Gasteiger partial charge in [-0.05, 0) is 80.6 Å². The smallest absolute Gasteiger partial charge is 0.408 e. The zero-order valence-electron chi connectivity index (χ0n) is 59.0. The number of aromatic nitrogens is 2. The van der Waals surface area contributed by atoms with Crippen molar-refractivity contribution < 1.29 is 77.2 Å². The highest BCUT2D eigenvalue weighted by Crippen LogP contribution is 2.21. The third-order valence-corrected chi connectivity index (χ3v) is 16.1. The summed E-state index contributed by atoms with van der Waals surface area (Å²) in [6.45, 7) is 33.7. The molecule has 0 bridgehead atoms. The molecule has 8 amide bonds. The molecule has 3 aromatic rings. The number of nitrogens with zero attached hydrogens (tertiary/aromatic N) is 2. The van der Waals surface area contributed by atoms with Crippen LogP contribution in [0.2, 0.25) is 0 Å². The van der Waals surface area contributed by atoms with Crippen molar-refractivity contribution in [2.24, 2.45) is 53.3 Å². The fraction of sp³-hybridized carbons (Fsp3) is 0.676. The first-order chi connectivity index (χ1) is 44.4. The number of alkyl carbamates (subject to hydrolysis) is 1. The second kappa shape index (κ2) is 42.1. The van der Waals surface area contributed by atoms with Crippen LogP contribution in [0.25, 0.3) is 0 Å². The zero-order valence-corrected chi connectivity index (χ0v) is 59.8. The Morgan fingerprint density at radius 2 is 0.979 bits per heavy atom. The van der Waals surface area contributed by atoms with E-state index in [0.717, 1.165) is 16.3 Å². The summed E-state index contributed by atoms with van der Waals surface area (Å²) in [5.74, 6) is -6.22. The molecule has 26 nitrogen and oxygen atoms in total. The highest BCUT2D eigenvalue weighted by molar-refractivity contribution is 7.09. The van der Waals surface area contributed by atoms with E-state index >= 15 is 0 Å². The van der Waals surface area contributed by atoms with E-state index in [1.54, 1.807) is 58.9 Å². The molecule has 95 heavy (non-hydrogen) atoms. The number of hydrogen-bond donors (Lipinski definition) is 11. The van der Waals surface area contributed by atoms with Crippen LogP contribution in [0.4, 0.5) is 4.79 Å². The predicted octanol–water partition coefficient (Wildman–Crippen LogP) is 6.27. The van der Waals surface area contributed by atoms with Crippen LogP contribution in [0.15, 0.2) is 40.1 Å². The first kappa shape index (κ1) is 83.6. The molecule has 0 saturated carbocycles. The number of aryl methyl sites for hydroxylation is 3. The monoisotopic (exact) mass is 1350 g/mol. The molecule has 0 aliphatic rings. The van der Waals surface area contributed by atoms with Crippen LogP contribution >= 0.6 is 11.3 Å². The van der Waals surface area contributed by atoms with E-state index in [-0.39, 0.29) is 73.4 Å². The maximum atomic E-state index is 13.7. The molecule has 0 radical (unpaired) electrons. The van der Waals surface area contributed by atoms with Crippen molar-refractivity contribution in [1.29, 1.82) is 0 Å². The van der Waals surface area contributed by atoms with Gasteiger partial charge in [0.2, 0.25) is 41.4 Å². The molecule has 0 aliphatic carbocycles. The number of thiazole rings is 1. The van der Waals surface area contributed by atoms with Crippen LogP contribution < -0.4 is 42.5 Å². The maximum absolute atomic E-state index is 13.7. The Morgan fingerprint density at radius 1 is 0.516 bits per heavy atom. The number of carboxylic acids is 1. The van der Waals surface area contributed by atoms with Gasteiger partial charge in [-0.25, -0.2) is 14.8 Å². The Balaban J connectivity index is 0.000000654. The minimum absolute atomic E-state index is 0.0118. The number of carbonyl (C=O) groups is 10. The number of benzene rings is 1. The van der Waals surface area contributed by atoms with Gasteiger partial charge in [0.1, 0.15) is 48.8 Å². The molecule has 3 rings (SSSR count). The van der Waals surface area contributed by atoms with Crippen molar-refractivity contribution in [3.63, 3.8) is 0 Å². The summed E-state index contributed by atoms with van der Waals surface area (Å²) >= 11 is 1.42. The molecule has 0 fully saturated rings. The zero-order chi connectivity index (χ0) is 72.0. The summed E-state index contributed by atoms with van der Waals surface area (Å²) in [7, 11) is 0. The van der Waals surface area contributed by atoms with Crippen molar-refractivity contribution in [3.05, 3.63) is 69.3 Å². The minimum atomic E-state index is -1.42. The number of aliphatic hydroxyl groups is 2. The van der Waals surface area contributed by atoms with Gasteiger partial charge < -0.3 is 71.7 Å². The molecule has 11 unspecified atom stereocenters. The van der Waals surface area contributed by atoms with E-state index in [4.69, 9.17) is 13.9 Å². The second-order valence-electron chi connectivity index (χ2n) is 27.1. The van der Waals surface area contributed by atoms with Crippen molar-refractivity contribution in [3.8, 4) is 0 Å². The fourth-order valence-electron chi connectivity index (χ4n) is 9.71. The third kappa shape index (κ3) is 32.7. The molecular weight excluding hydrogens is 1240 g/mol. The van der Waals surface area contributed by atoms with E-state index < -0.39 is 127 Å². The van der Waals surface area contributed by atoms with Gasteiger partial charge in [-0.2, -0.15) is 0 Å². The number of carboxylic acid groups (broad SMARTS) is 1. The quantitative estimate of drug-likeness (QED) is 0.0280. The molecule has 0 saturated heterocycles. The normalized spacial score (nSPS) is 14.9. The third-order valence-electron chi connectivity index (χ3n) is 15.2. The summed E-state index contributed by atoms with van der Waals surface area (Å²) in [5, 5.41) is 56.3. The Bertz CT molecular complexity index is 2920. The first-order valence-corrected chi connectivity index (χ1v) is 33.9. The van der Waals surface area contributed by atoms with Crippen LogP contribution in [0.1, 0.15) is 176 Å².